The highest BCUT2D eigenvalue weighted by atomic mass is 16.6. The van der Waals surface area contributed by atoms with Gasteiger partial charge in [0.05, 0.1) is 6.61 Å². The van der Waals surface area contributed by atoms with E-state index in [0.717, 1.165) is 32.1 Å². The van der Waals surface area contributed by atoms with Crippen LogP contribution in [0.25, 0.3) is 0 Å². The zero-order chi connectivity index (χ0) is 16.1. The quantitative estimate of drug-likeness (QED) is 0.236. The number of carbonyl (C=O) groups excluding carboxylic acids is 2. The van der Waals surface area contributed by atoms with Gasteiger partial charge in [-0.3, -0.25) is 9.59 Å². The van der Waals surface area contributed by atoms with Crippen molar-refractivity contribution in [1.82, 2.24) is 0 Å². The molecule has 0 aromatic heterocycles. The molecule has 0 radical (unpaired) electrons. The van der Waals surface area contributed by atoms with Crippen LogP contribution in [0.3, 0.4) is 0 Å². The average Bonchev–Trinajstić information content (AvgIpc) is 2.48. The monoisotopic (exact) mass is 298 g/mol. The van der Waals surface area contributed by atoms with Gasteiger partial charge in [0.15, 0.2) is 5.41 Å². The second-order valence-electron chi connectivity index (χ2n) is 5.31. The highest BCUT2D eigenvalue weighted by Gasteiger charge is 2.47. The van der Waals surface area contributed by atoms with Crippen molar-refractivity contribution in [2.75, 3.05) is 13.2 Å². The van der Waals surface area contributed by atoms with Crippen molar-refractivity contribution >= 4 is 11.9 Å². The Morgan fingerprint density at radius 3 is 2.00 bits per heavy atom. The van der Waals surface area contributed by atoms with E-state index in [-0.39, 0.29) is 6.61 Å². The molecular weight excluding hydrogens is 268 g/mol. The molecule has 0 amide bonds. The molecule has 4 heteroatoms. The standard InChI is InChI=1S/C17H30O4/c1-5-9-10-14-21-16(19)17(11-6-2,12-7-3)15(18)20-13-8-4/h8H,4-7,9-14H2,1-3H3. The van der Waals surface area contributed by atoms with Gasteiger partial charge in [0.1, 0.15) is 6.61 Å². The number of unbranched alkanes of at least 4 members (excludes halogenated alkanes) is 2. The highest BCUT2D eigenvalue weighted by molar-refractivity contribution is 6.00. The number of hydrogen-bond acceptors (Lipinski definition) is 4. The fraction of sp³-hybridized carbons (Fsp3) is 0.765. The van der Waals surface area contributed by atoms with Crippen molar-refractivity contribution in [2.45, 2.75) is 65.7 Å². The number of carbonyl (C=O) groups is 2. The molecule has 0 aromatic carbocycles. The van der Waals surface area contributed by atoms with Crippen molar-refractivity contribution in [3.63, 3.8) is 0 Å². The molecule has 122 valence electrons. The lowest BCUT2D eigenvalue weighted by Gasteiger charge is -2.28. The van der Waals surface area contributed by atoms with Crippen LogP contribution in [0.1, 0.15) is 65.7 Å². The van der Waals surface area contributed by atoms with E-state index in [1.807, 2.05) is 13.8 Å². The van der Waals surface area contributed by atoms with Crippen LogP contribution in [0, 0.1) is 5.41 Å². The van der Waals surface area contributed by atoms with Gasteiger partial charge in [-0.15, -0.1) is 0 Å². The van der Waals surface area contributed by atoms with Gasteiger partial charge in [0.2, 0.25) is 0 Å². The van der Waals surface area contributed by atoms with Crippen LogP contribution in [0.15, 0.2) is 12.7 Å². The van der Waals surface area contributed by atoms with E-state index in [9.17, 15) is 9.59 Å². The molecule has 0 bridgehead atoms. The predicted molar refractivity (Wildman–Crippen MR) is 83.9 cm³/mol. The summed E-state index contributed by atoms with van der Waals surface area (Å²) in [7, 11) is 0. The smallest absolute Gasteiger partial charge is 0.323 e. The summed E-state index contributed by atoms with van der Waals surface area (Å²) in [6, 6.07) is 0. The van der Waals surface area contributed by atoms with E-state index in [1.165, 1.54) is 6.08 Å². The third-order valence-electron chi connectivity index (χ3n) is 3.45. The maximum Gasteiger partial charge on any atom is 0.323 e. The van der Waals surface area contributed by atoms with Gasteiger partial charge in [-0.25, -0.2) is 0 Å². The van der Waals surface area contributed by atoms with Crippen LogP contribution >= 0.6 is 0 Å². The fourth-order valence-electron chi connectivity index (χ4n) is 2.40. The molecule has 0 saturated carbocycles. The van der Waals surface area contributed by atoms with Crippen molar-refractivity contribution in [1.29, 1.82) is 0 Å². The molecule has 0 unspecified atom stereocenters. The normalized spacial score (nSPS) is 11.0. The van der Waals surface area contributed by atoms with E-state index in [4.69, 9.17) is 9.47 Å². The first-order valence-electron chi connectivity index (χ1n) is 8.04. The van der Waals surface area contributed by atoms with Gasteiger partial charge < -0.3 is 9.47 Å². The topological polar surface area (TPSA) is 52.6 Å². The second-order valence-corrected chi connectivity index (χ2v) is 5.31. The molecule has 21 heavy (non-hydrogen) atoms. The third kappa shape index (κ3) is 6.32. The zero-order valence-electron chi connectivity index (χ0n) is 13.8. The first kappa shape index (κ1) is 19.7. The minimum Gasteiger partial charge on any atom is -0.465 e. The van der Waals surface area contributed by atoms with Gasteiger partial charge >= 0.3 is 11.9 Å². The lowest BCUT2D eigenvalue weighted by Crippen LogP contribution is -2.42. The Kier molecular flexibility index (Phi) is 10.6. The summed E-state index contributed by atoms with van der Waals surface area (Å²) in [5, 5.41) is 0. The SMILES string of the molecule is C=CCOC(=O)C(CCC)(CCC)C(=O)OCCCCC. The predicted octanol–water partition coefficient (Wildman–Crippen LogP) is 4.04. The van der Waals surface area contributed by atoms with Crippen LogP contribution in [-0.2, 0) is 19.1 Å². The summed E-state index contributed by atoms with van der Waals surface area (Å²) in [4.78, 5) is 24.8. The Labute approximate surface area is 128 Å². The molecule has 0 rings (SSSR count). The molecule has 0 fully saturated rings. The second kappa shape index (κ2) is 11.4. The van der Waals surface area contributed by atoms with E-state index in [0.29, 0.717) is 19.4 Å². The molecule has 0 spiro atoms. The van der Waals surface area contributed by atoms with Crippen LogP contribution in [0.4, 0.5) is 0 Å². The Morgan fingerprint density at radius 1 is 0.952 bits per heavy atom. The van der Waals surface area contributed by atoms with Crippen LogP contribution in [0.2, 0.25) is 0 Å². The molecule has 0 aromatic rings. The Bertz CT molecular complexity index is 317. The fourth-order valence-corrected chi connectivity index (χ4v) is 2.40. The summed E-state index contributed by atoms with van der Waals surface area (Å²) in [5.74, 6) is -0.914. The maximum atomic E-state index is 12.5. The molecule has 0 heterocycles. The summed E-state index contributed by atoms with van der Waals surface area (Å²) in [5.41, 5.74) is -1.15. The van der Waals surface area contributed by atoms with E-state index in [2.05, 4.69) is 13.5 Å². The van der Waals surface area contributed by atoms with Crippen LogP contribution in [0.5, 0.6) is 0 Å². The van der Waals surface area contributed by atoms with Gasteiger partial charge in [0.25, 0.3) is 0 Å². The van der Waals surface area contributed by atoms with Crippen molar-refractivity contribution in [2.24, 2.45) is 5.41 Å². The molecular formula is C17H30O4. The van der Waals surface area contributed by atoms with E-state index < -0.39 is 17.4 Å². The van der Waals surface area contributed by atoms with Gasteiger partial charge in [-0.1, -0.05) is 59.1 Å². The summed E-state index contributed by atoms with van der Waals surface area (Å²) in [6.07, 6.45) is 6.80. The average molecular weight is 298 g/mol. The minimum atomic E-state index is -1.15. The van der Waals surface area contributed by atoms with Gasteiger partial charge in [-0.05, 0) is 19.3 Å². The molecule has 0 atom stereocenters. The third-order valence-corrected chi connectivity index (χ3v) is 3.45. The largest absolute Gasteiger partial charge is 0.465 e. The molecule has 0 aliphatic rings. The first-order valence-corrected chi connectivity index (χ1v) is 8.04. The van der Waals surface area contributed by atoms with Crippen molar-refractivity contribution < 1.29 is 19.1 Å². The number of esters is 2. The summed E-state index contributed by atoms with van der Waals surface area (Å²) in [6.45, 7) is 10.0. The zero-order valence-corrected chi connectivity index (χ0v) is 13.8. The number of rotatable bonds is 12. The molecule has 0 saturated heterocycles. The molecule has 4 nitrogen and oxygen atoms in total. The van der Waals surface area contributed by atoms with E-state index >= 15 is 0 Å². The van der Waals surface area contributed by atoms with Gasteiger partial charge in [0, 0.05) is 0 Å². The number of hydrogen-bond donors (Lipinski definition) is 0. The lowest BCUT2D eigenvalue weighted by atomic mass is 9.79. The van der Waals surface area contributed by atoms with Crippen molar-refractivity contribution in [3.8, 4) is 0 Å². The van der Waals surface area contributed by atoms with Crippen molar-refractivity contribution in [3.05, 3.63) is 12.7 Å². The van der Waals surface area contributed by atoms with Crippen LogP contribution < -0.4 is 0 Å². The van der Waals surface area contributed by atoms with E-state index in [1.54, 1.807) is 0 Å². The Balaban J connectivity index is 4.93. The lowest BCUT2D eigenvalue weighted by molar-refractivity contribution is -0.173. The van der Waals surface area contributed by atoms with Gasteiger partial charge in [-0.2, -0.15) is 0 Å². The first-order chi connectivity index (χ1) is 10.1. The maximum absolute atomic E-state index is 12.5. The Hall–Kier alpha value is -1.32. The summed E-state index contributed by atoms with van der Waals surface area (Å²) >= 11 is 0. The molecule has 0 N–H and O–H groups in total. The number of ether oxygens (including phenoxy) is 2. The molecule has 0 aliphatic heterocycles. The Morgan fingerprint density at radius 2 is 1.52 bits per heavy atom. The minimum absolute atomic E-state index is 0.122. The summed E-state index contributed by atoms with van der Waals surface area (Å²) < 4.78 is 10.5. The van der Waals surface area contributed by atoms with Crippen LogP contribution in [-0.4, -0.2) is 25.2 Å². The molecule has 0 aliphatic carbocycles. The highest BCUT2D eigenvalue weighted by Crippen LogP contribution is 2.33.